The molecule has 0 aliphatic carbocycles. The molecular formula is C16H23N5. The quantitative estimate of drug-likeness (QED) is 0.671. The molecule has 0 fully saturated rings. The lowest BCUT2D eigenvalue weighted by Gasteiger charge is -2.20. The summed E-state index contributed by atoms with van der Waals surface area (Å²) in [6, 6.07) is 10.1. The zero-order valence-electron chi connectivity index (χ0n) is 13.1. The lowest BCUT2D eigenvalue weighted by atomic mass is 10.1. The molecule has 112 valence electrons. The van der Waals surface area contributed by atoms with Gasteiger partial charge >= 0.3 is 0 Å². The van der Waals surface area contributed by atoms with Crippen LogP contribution in [0.3, 0.4) is 0 Å². The van der Waals surface area contributed by atoms with Gasteiger partial charge in [-0.3, -0.25) is 4.68 Å². The van der Waals surface area contributed by atoms with E-state index in [1.54, 1.807) is 4.68 Å². The van der Waals surface area contributed by atoms with E-state index in [9.17, 15) is 0 Å². The average molecular weight is 285 g/mol. The zero-order valence-corrected chi connectivity index (χ0v) is 13.1. The average Bonchev–Trinajstić information content (AvgIpc) is 2.77. The third-order valence-corrected chi connectivity index (χ3v) is 2.87. The molecule has 1 aromatic heterocycles. The lowest BCUT2D eigenvalue weighted by Crippen LogP contribution is -2.44. The number of nitrogens with two attached hydrogens (primary N) is 1. The Morgan fingerprint density at radius 1 is 1.29 bits per heavy atom. The van der Waals surface area contributed by atoms with Crippen LogP contribution in [0.5, 0.6) is 0 Å². The molecule has 21 heavy (non-hydrogen) atoms. The molecule has 0 saturated heterocycles. The summed E-state index contributed by atoms with van der Waals surface area (Å²) < 4.78 is 1.81. The monoisotopic (exact) mass is 285 g/mol. The first-order valence-electron chi connectivity index (χ1n) is 7.01. The Hall–Kier alpha value is -2.30. The van der Waals surface area contributed by atoms with Crippen molar-refractivity contribution in [2.75, 3.05) is 0 Å². The molecule has 2 rings (SSSR count). The maximum absolute atomic E-state index is 5.91. The molecule has 1 aromatic carbocycles. The predicted molar refractivity (Wildman–Crippen MR) is 86.9 cm³/mol. The summed E-state index contributed by atoms with van der Waals surface area (Å²) in [6.45, 7) is 6.66. The predicted octanol–water partition coefficient (Wildman–Crippen LogP) is 2.29. The molecule has 0 spiro atoms. The maximum Gasteiger partial charge on any atom is 0.189 e. The standard InChI is InChI=1S/C16H23N5/c1-16(2,3)19-15(17)18-10-13-11-21(4)20-14(13)12-8-6-5-7-9-12/h5-9,11H,10H2,1-4H3,(H3,17,18,19). The smallest absolute Gasteiger partial charge is 0.189 e. The Labute approximate surface area is 125 Å². The summed E-state index contributed by atoms with van der Waals surface area (Å²) in [4.78, 5) is 4.41. The number of hydrogen-bond donors (Lipinski definition) is 2. The number of benzene rings is 1. The van der Waals surface area contributed by atoms with Gasteiger partial charge in [-0.1, -0.05) is 30.3 Å². The van der Waals surface area contributed by atoms with Crippen molar-refractivity contribution in [1.29, 1.82) is 0 Å². The van der Waals surface area contributed by atoms with Crippen molar-refractivity contribution >= 4 is 5.96 Å². The van der Waals surface area contributed by atoms with E-state index in [-0.39, 0.29) is 5.54 Å². The van der Waals surface area contributed by atoms with Gasteiger partial charge in [-0.05, 0) is 20.8 Å². The number of guanidine groups is 1. The van der Waals surface area contributed by atoms with Gasteiger partial charge in [0.1, 0.15) is 0 Å². The Kier molecular flexibility index (Phi) is 4.31. The van der Waals surface area contributed by atoms with Crippen LogP contribution in [0.15, 0.2) is 41.5 Å². The molecule has 0 aliphatic heterocycles. The molecule has 1 heterocycles. The van der Waals surface area contributed by atoms with Gasteiger partial charge in [0.25, 0.3) is 0 Å². The SMILES string of the molecule is Cn1cc(CN=C(N)NC(C)(C)C)c(-c2ccccc2)n1. The molecule has 3 N–H and O–H groups in total. The fourth-order valence-electron chi connectivity index (χ4n) is 2.09. The number of aliphatic imine (C=N–C) groups is 1. The maximum atomic E-state index is 5.91. The molecule has 5 heteroatoms. The van der Waals surface area contributed by atoms with Crippen molar-refractivity contribution in [3.05, 3.63) is 42.1 Å². The van der Waals surface area contributed by atoms with E-state index >= 15 is 0 Å². The lowest BCUT2D eigenvalue weighted by molar-refractivity contribution is 0.508. The van der Waals surface area contributed by atoms with E-state index in [4.69, 9.17) is 5.73 Å². The van der Waals surface area contributed by atoms with E-state index in [1.165, 1.54) is 0 Å². The van der Waals surface area contributed by atoms with Gasteiger partial charge in [-0.15, -0.1) is 0 Å². The van der Waals surface area contributed by atoms with Crippen LogP contribution in [0.4, 0.5) is 0 Å². The number of nitrogens with zero attached hydrogens (tertiary/aromatic N) is 3. The highest BCUT2D eigenvalue weighted by Gasteiger charge is 2.12. The number of aromatic nitrogens is 2. The number of rotatable bonds is 3. The fourth-order valence-corrected chi connectivity index (χ4v) is 2.09. The highest BCUT2D eigenvalue weighted by molar-refractivity contribution is 5.78. The largest absolute Gasteiger partial charge is 0.370 e. The van der Waals surface area contributed by atoms with Crippen LogP contribution in [0.2, 0.25) is 0 Å². The Balaban J connectivity index is 2.20. The molecule has 0 unspecified atom stereocenters. The van der Waals surface area contributed by atoms with Gasteiger partial charge in [0.05, 0.1) is 12.2 Å². The molecule has 5 nitrogen and oxygen atoms in total. The third-order valence-electron chi connectivity index (χ3n) is 2.87. The molecule has 0 atom stereocenters. The summed E-state index contributed by atoms with van der Waals surface area (Å²) in [6.07, 6.45) is 1.98. The minimum atomic E-state index is -0.0925. The first-order chi connectivity index (χ1) is 9.85. The number of hydrogen-bond acceptors (Lipinski definition) is 2. The van der Waals surface area contributed by atoms with Gasteiger partial charge in [0.2, 0.25) is 0 Å². The van der Waals surface area contributed by atoms with E-state index in [2.05, 4.69) is 36.2 Å². The molecular weight excluding hydrogens is 262 g/mol. The minimum absolute atomic E-state index is 0.0925. The second-order valence-electron chi connectivity index (χ2n) is 6.12. The van der Waals surface area contributed by atoms with Crippen LogP contribution >= 0.6 is 0 Å². The first-order valence-corrected chi connectivity index (χ1v) is 7.01. The summed E-state index contributed by atoms with van der Waals surface area (Å²) in [5, 5.41) is 7.68. The van der Waals surface area contributed by atoms with E-state index in [1.807, 2.05) is 43.6 Å². The van der Waals surface area contributed by atoms with Gasteiger partial charge in [-0.25, -0.2) is 4.99 Å². The Bertz CT molecular complexity index is 620. The second kappa shape index (κ2) is 5.99. The zero-order chi connectivity index (χ0) is 15.5. The van der Waals surface area contributed by atoms with Crippen LogP contribution < -0.4 is 11.1 Å². The second-order valence-corrected chi connectivity index (χ2v) is 6.12. The van der Waals surface area contributed by atoms with Gasteiger partial charge in [0, 0.05) is 29.9 Å². The Morgan fingerprint density at radius 3 is 2.57 bits per heavy atom. The molecule has 0 radical (unpaired) electrons. The highest BCUT2D eigenvalue weighted by Crippen LogP contribution is 2.22. The summed E-state index contributed by atoms with van der Waals surface area (Å²) in [7, 11) is 1.91. The van der Waals surface area contributed by atoms with Crippen molar-refractivity contribution < 1.29 is 0 Å². The molecule has 0 bridgehead atoms. The normalized spacial score (nSPS) is 12.5. The summed E-state index contributed by atoms with van der Waals surface area (Å²) >= 11 is 0. The molecule has 0 saturated carbocycles. The third kappa shape index (κ3) is 4.34. The van der Waals surface area contributed by atoms with E-state index < -0.39 is 0 Å². The van der Waals surface area contributed by atoms with Crippen LogP contribution in [0.1, 0.15) is 26.3 Å². The van der Waals surface area contributed by atoms with Crippen molar-refractivity contribution in [1.82, 2.24) is 15.1 Å². The van der Waals surface area contributed by atoms with Crippen LogP contribution in [0, 0.1) is 0 Å². The van der Waals surface area contributed by atoms with Crippen molar-refractivity contribution in [2.45, 2.75) is 32.9 Å². The van der Waals surface area contributed by atoms with Crippen LogP contribution in [-0.4, -0.2) is 21.3 Å². The minimum Gasteiger partial charge on any atom is -0.370 e. The molecule has 0 amide bonds. The topological polar surface area (TPSA) is 68.2 Å². The van der Waals surface area contributed by atoms with Gasteiger partial charge in [-0.2, -0.15) is 5.10 Å². The van der Waals surface area contributed by atoms with Crippen LogP contribution in [-0.2, 0) is 13.6 Å². The number of nitrogens with one attached hydrogen (secondary N) is 1. The van der Waals surface area contributed by atoms with Gasteiger partial charge < -0.3 is 11.1 Å². The van der Waals surface area contributed by atoms with Gasteiger partial charge in [0.15, 0.2) is 5.96 Å². The highest BCUT2D eigenvalue weighted by atomic mass is 15.3. The summed E-state index contributed by atoms with van der Waals surface area (Å²) in [5.41, 5.74) is 8.92. The van der Waals surface area contributed by atoms with E-state index in [0.717, 1.165) is 16.8 Å². The summed E-state index contributed by atoms with van der Waals surface area (Å²) in [5.74, 6) is 0.449. The molecule has 2 aromatic rings. The van der Waals surface area contributed by atoms with E-state index in [0.29, 0.717) is 12.5 Å². The van der Waals surface area contributed by atoms with Crippen molar-refractivity contribution in [3.63, 3.8) is 0 Å². The van der Waals surface area contributed by atoms with Crippen molar-refractivity contribution in [3.8, 4) is 11.3 Å². The molecule has 0 aliphatic rings. The fraction of sp³-hybridized carbons (Fsp3) is 0.375. The Morgan fingerprint density at radius 2 is 1.95 bits per heavy atom. The van der Waals surface area contributed by atoms with Crippen molar-refractivity contribution in [2.24, 2.45) is 17.8 Å². The number of aryl methyl sites for hydroxylation is 1. The van der Waals surface area contributed by atoms with Crippen LogP contribution in [0.25, 0.3) is 11.3 Å². The first kappa shape index (κ1) is 15.1.